The number of aromatic amines is 1. The monoisotopic (exact) mass is 303 g/mol. The molecule has 4 aromatic rings. The van der Waals surface area contributed by atoms with Crippen LogP contribution in [0.15, 0.2) is 59.4 Å². The smallest absolute Gasteiger partial charge is 0.257 e. The van der Waals surface area contributed by atoms with Crippen LogP contribution >= 0.6 is 0 Å². The first-order valence-electron chi connectivity index (χ1n) is 7.01. The number of pyridine rings is 1. The molecule has 0 radical (unpaired) electrons. The lowest BCUT2D eigenvalue weighted by atomic mass is 10.0. The molecule has 2 aromatic heterocycles. The van der Waals surface area contributed by atoms with E-state index in [9.17, 15) is 14.4 Å². The van der Waals surface area contributed by atoms with E-state index in [0.717, 1.165) is 11.0 Å². The average Bonchev–Trinajstić information content (AvgIpc) is 2.95. The number of aromatic nitrogens is 2. The lowest BCUT2D eigenvalue weighted by Gasteiger charge is -2.06. The Hall–Kier alpha value is -3.39. The van der Waals surface area contributed by atoms with Crippen LogP contribution in [-0.2, 0) is 0 Å². The molecule has 23 heavy (non-hydrogen) atoms. The number of benzene rings is 2. The third kappa shape index (κ3) is 1.93. The maximum Gasteiger partial charge on any atom is 0.257 e. The molecule has 0 atom stereocenters. The molecule has 110 valence electrons. The molecule has 0 saturated carbocycles. The van der Waals surface area contributed by atoms with Crippen LogP contribution in [0.3, 0.4) is 0 Å². The van der Waals surface area contributed by atoms with Crippen molar-refractivity contribution in [3.8, 4) is 17.2 Å². The molecular formula is C18H10FN3O. The molecule has 0 aliphatic heterocycles. The van der Waals surface area contributed by atoms with Crippen LogP contribution < -0.4 is 5.56 Å². The van der Waals surface area contributed by atoms with Crippen LogP contribution in [0.4, 0.5) is 4.39 Å². The molecule has 0 fully saturated rings. The third-order valence-corrected chi connectivity index (χ3v) is 3.88. The second-order valence-electron chi connectivity index (χ2n) is 5.22. The minimum Gasteiger partial charge on any atom is -0.338 e. The van der Waals surface area contributed by atoms with Crippen LogP contribution in [-0.4, -0.2) is 9.38 Å². The maximum atomic E-state index is 13.1. The molecule has 0 saturated heterocycles. The van der Waals surface area contributed by atoms with Crippen molar-refractivity contribution in [2.45, 2.75) is 0 Å². The molecule has 0 aliphatic carbocycles. The number of halogens is 1. The summed E-state index contributed by atoms with van der Waals surface area (Å²) in [6.07, 6.45) is 0. The molecule has 0 bridgehead atoms. The van der Waals surface area contributed by atoms with E-state index in [1.807, 2.05) is 24.3 Å². The SMILES string of the molecule is N#Cc1c(-c2ccc(F)cc2)cc(=O)n2c1[nH]c1ccccc12. The molecule has 2 heterocycles. The lowest BCUT2D eigenvalue weighted by Crippen LogP contribution is -2.13. The van der Waals surface area contributed by atoms with Crippen molar-refractivity contribution < 1.29 is 4.39 Å². The van der Waals surface area contributed by atoms with Gasteiger partial charge >= 0.3 is 0 Å². The van der Waals surface area contributed by atoms with Crippen LogP contribution in [0.25, 0.3) is 27.8 Å². The lowest BCUT2D eigenvalue weighted by molar-refractivity contribution is 0.628. The predicted octanol–water partition coefficient (Wildman–Crippen LogP) is 3.46. The molecule has 4 nitrogen and oxygen atoms in total. The van der Waals surface area contributed by atoms with Gasteiger partial charge < -0.3 is 4.98 Å². The van der Waals surface area contributed by atoms with Crippen molar-refractivity contribution in [2.24, 2.45) is 0 Å². The minimum absolute atomic E-state index is 0.240. The first-order valence-corrected chi connectivity index (χ1v) is 7.01. The van der Waals surface area contributed by atoms with Gasteiger partial charge in [-0.25, -0.2) is 4.39 Å². The fraction of sp³-hybridized carbons (Fsp3) is 0. The Labute approximate surface area is 130 Å². The summed E-state index contributed by atoms with van der Waals surface area (Å²) >= 11 is 0. The van der Waals surface area contributed by atoms with E-state index >= 15 is 0 Å². The van der Waals surface area contributed by atoms with Gasteiger partial charge in [-0.1, -0.05) is 24.3 Å². The van der Waals surface area contributed by atoms with E-state index in [1.165, 1.54) is 22.6 Å². The molecule has 1 N–H and O–H groups in total. The van der Waals surface area contributed by atoms with Gasteiger partial charge in [0.2, 0.25) is 0 Å². The summed E-state index contributed by atoms with van der Waals surface area (Å²) in [5, 5.41) is 9.59. The summed E-state index contributed by atoms with van der Waals surface area (Å²) in [7, 11) is 0. The summed E-state index contributed by atoms with van der Waals surface area (Å²) in [4.78, 5) is 15.7. The number of nitrogens with zero attached hydrogens (tertiary/aromatic N) is 2. The maximum absolute atomic E-state index is 13.1. The predicted molar refractivity (Wildman–Crippen MR) is 85.6 cm³/mol. The largest absolute Gasteiger partial charge is 0.338 e. The van der Waals surface area contributed by atoms with Crippen LogP contribution in [0.5, 0.6) is 0 Å². The third-order valence-electron chi connectivity index (χ3n) is 3.88. The zero-order valence-corrected chi connectivity index (χ0v) is 11.9. The highest BCUT2D eigenvalue weighted by molar-refractivity contribution is 5.86. The number of hydrogen-bond acceptors (Lipinski definition) is 2. The Morgan fingerprint density at radius 2 is 1.83 bits per heavy atom. The topological polar surface area (TPSA) is 61.1 Å². The van der Waals surface area contributed by atoms with Gasteiger partial charge in [-0.05, 0) is 29.8 Å². The number of para-hydroxylation sites is 2. The second kappa shape index (κ2) is 4.82. The van der Waals surface area contributed by atoms with E-state index in [2.05, 4.69) is 11.1 Å². The normalized spacial score (nSPS) is 11.0. The van der Waals surface area contributed by atoms with Crippen molar-refractivity contribution in [3.63, 3.8) is 0 Å². The standard InChI is InChI=1S/C18H10FN3O/c19-12-7-5-11(6-8-12)13-9-17(23)22-16-4-2-1-3-15(16)21-18(22)14(13)10-20/h1-9,21H. The highest BCUT2D eigenvalue weighted by Gasteiger charge is 2.15. The van der Waals surface area contributed by atoms with E-state index in [0.29, 0.717) is 22.3 Å². The Bertz CT molecular complexity index is 1150. The molecule has 0 unspecified atom stereocenters. The second-order valence-corrected chi connectivity index (χ2v) is 5.22. The van der Waals surface area contributed by atoms with Gasteiger partial charge in [0.25, 0.3) is 5.56 Å². The van der Waals surface area contributed by atoms with Gasteiger partial charge in [-0.3, -0.25) is 9.20 Å². The van der Waals surface area contributed by atoms with Crippen molar-refractivity contribution >= 4 is 16.7 Å². The summed E-state index contributed by atoms with van der Waals surface area (Å²) in [5.74, 6) is -0.365. The fourth-order valence-corrected chi connectivity index (χ4v) is 2.84. The van der Waals surface area contributed by atoms with Gasteiger partial charge in [0.1, 0.15) is 23.1 Å². The zero-order valence-electron chi connectivity index (χ0n) is 11.9. The van der Waals surface area contributed by atoms with E-state index in [4.69, 9.17) is 0 Å². The molecule has 4 rings (SSSR count). The van der Waals surface area contributed by atoms with Crippen LogP contribution in [0, 0.1) is 17.1 Å². The quantitative estimate of drug-likeness (QED) is 0.585. The van der Waals surface area contributed by atoms with E-state index < -0.39 is 0 Å². The number of rotatable bonds is 1. The zero-order chi connectivity index (χ0) is 16.0. The number of imidazole rings is 1. The van der Waals surface area contributed by atoms with Gasteiger partial charge in [0, 0.05) is 11.6 Å². The van der Waals surface area contributed by atoms with E-state index in [-0.39, 0.29) is 11.4 Å². The van der Waals surface area contributed by atoms with Crippen LogP contribution in [0.2, 0.25) is 0 Å². The number of H-pyrrole nitrogens is 1. The van der Waals surface area contributed by atoms with Crippen molar-refractivity contribution in [1.82, 2.24) is 9.38 Å². The van der Waals surface area contributed by atoms with Crippen LogP contribution in [0.1, 0.15) is 5.56 Å². The Kier molecular flexibility index (Phi) is 2.78. The highest BCUT2D eigenvalue weighted by Crippen LogP contribution is 2.26. The Balaban J connectivity index is 2.15. The van der Waals surface area contributed by atoms with Gasteiger partial charge in [0.05, 0.1) is 11.0 Å². The summed E-state index contributed by atoms with van der Waals surface area (Å²) in [5.41, 5.74) is 3.17. The van der Waals surface area contributed by atoms with Gasteiger partial charge in [-0.2, -0.15) is 5.26 Å². The Morgan fingerprint density at radius 3 is 2.57 bits per heavy atom. The first kappa shape index (κ1) is 13.3. The summed E-state index contributed by atoms with van der Waals surface area (Å²) in [6, 6.07) is 16.7. The fourth-order valence-electron chi connectivity index (χ4n) is 2.84. The summed E-state index contributed by atoms with van der Waals surface area (Å²) < 4.78 is 14.6. The van der Waals surface area contributed by atoms with E-state index in [1.54, 1.807) is 12.1 Å². The average molecular weight is 303 g/mol. The number of hydrogen-bond donors (Lipinski definition) is 1. The summed E-state index contributed by atoms with van der Waals surface area (Å²) in [6.45, 7) is 0. The molecule has 5 heteroatoms. The first-order chi connectivity index (χ1) is 11.2. The van der Waals surface area contributed by atoms with Gasteiger partial charge in [-0.15, -0.1) is 0 Å². The number of nitriles is 1. The van der Waals surface area contributed by atoms with Gasteiger partial charge in [0.15, 0.2) is 0 Å². The van der Waals surface area contributed by atoms with Crippen molar-refractivity contribution in [2.75, 3.05) is 0 Å². The highest BCUT2D eigenvalue weighted by atomic mass is 19.1. The molecular weight excluding hydrogens is 293 g/mol. The minimum atomic E-state index is -0.365. The number of fused-ring (bicyclic) bond motifs is 3. The molecule has 0 aliphatic rings. The van der Waals surface area contributed by atoms with Crippen molar-refractivity contribution in [1.29, 1.82) is 5.26 Å². The Morgan fingerprint density at radius 1 is 1.09 bits per heavy atom. The molecule has 0 amide bonds. The molecule has 2 aromatic carbocycles. The molecule has 0 spiro atoms. The van der Waals surface area contributed by atoms with Crippen molar-refractivity contribution in [3.05, 3.63) is 76.3 Å². The number of nitrogens with one attached hydrogen (secondary N) is 1.